The Labute approximate surface area is 160 Å². The highest BCUT2D eigenvalue weighted by Gasteiger charge is 2.18. The Bertz CT molecular complexity index is 788. The van der Waals surface area contributed by atoms with Gasteiger partial charge in [0.05, 0.1) is 5.69 Å². The zero-order valence-electron chi connectivity index (χ0n) is 14.1. The summed E-state index contributed by atoms with van der Waals surface area (Å²) in [5, 5.41) is 1.62. The second-order valence-corrected chi connectivity index (χ2v) is 8.45. The van der Waals surface area contributed by atoms with E-state index < -0.39 is 0 Å². The zero-order chi connectivity index (χ0) is 18.4. The van der Waals surface area contributed by atoms with Gasteiger partial charge in [-0.2, -0.15) is 0 Å². The highest BCUT2D eigenvalue weighted by atomic mass is 35.5. The van der Waals surface area contributed by atoms with E-state index in [4.69, 9.17) is 11.6 Å². The molecule has 0 amide bonds. The lowest BCUT2D eigenvalue weighted by molar-refractivity contribution is 0.611. The summed E-state index contributed by atoms with van der Waals surface area (Å²) in [5.41, 5.74) is 1.33. The van der Waals surface area contributed by atoms with E-state index in [9.17, 15) is 9.18 Å². The van der Waals surface area contributed by atoms with Crippen molar-refractivity contribution < 1.29 is 4.39 Å². The number of thioether (sulfide) groups is 2. The SMILES string of the molecule is C=CCSCSc1nc(Cc2c(F)cccc2Cl)c(C(C)C)c(=O)[nH]1. The van der Waals surface area contributed by atoms with Crippen LogP contribution in [0.25, 0.3) is 0 Å². The van der Waals surface area contributed by atoms with Gasteiger partial charge in [0.25, 0.3) is 5.56 Å². The molecule has 0 aliphatic rings. The Hall–Kier alpha value is -1.24. The van der Waals surface area contributed by atoms with Crippen LogP contribution in [0.2, 0.25) is 5.02 Å². The Morgan fingerprint density at radius 1 is 1.44 bits per heavy atom. The molecular weight excluding hydrogens is 379 g/mol. The largest absolute Gasteiger partial charge is 0.301 e. The van der Waals surface area contributed by atoms with Crippen LogP contribution in [0.4, 0.5) is 4.39 Å². The van der Waals surface area contributed by atoms with E-state index in [1.165, 1.54) is 17.8 Å². The molecule has 3 nitrogen and oxygen atoms in total. The molecule has 0 saturated heterocycles. The summed E-state index contributed by atoms with van der Waals surface area (Å²) in [5.74, 6) is 0.421. The molecule has 0 unspecified atom stereocenters. The Kier molecular flexibility index (Phi) is 7.59. The maximum absolute atomic E-state index is 14.1. The van der Waals surface area contributed by atoms with Crippen molar-refractivity contribution in [2.45, 2.75) is 31.3 Å². The topological polar surface area (TPSA) is 45.8 Å². The fourth-order valence-electron chi connectivity index (χ4n) is 2.40. The molecule has 1 aromatic carbocycles. The molecule has 0 saturated carbocycles. The van der Waals surface area contributed by atoms with Crippen molar-refractivity contribution in [2.24, 2.45) is 0 Å². The molecule has 25 heavy (non-hydrogen) atoms. The average molecular weight is 399 g/mol. The minimum absolute atomic E-state index is 0.0222. The first-order chi connectivity index (χ1) is 11.9. The van der Waals surface area contributed by atoms with Crippen LogP contribution in [-0.4, -0.2) is 20.8 Å². The second kappa shape index (κ2) is 9.46. The van der Waals surface area contributed by atoms with Crippen molar-refractivity contribution in [3.8, 4) is 0 Å². The number of rotatable bonds is 8. The van der Waals surface area contributed by atoms with E-state index in [-0.39, 0.29) is 23.7 Å². The van der Waals surface area contributed by atoms with Gasteiger partial charge in [-0.3, -0.25) is 4.79 Å². The minimum Gasteiger partial charge on any atom is -0.301 e. The molecule has 0 spiro atoms. The van der Waals surface area contributed by atoms with Gasteiger partial charge < -0.3 is 4.98 Å². The molecule has 2 aromatic rings. The Balaban J connectivity index is 2.38. The van der Waals surface area contributed by atoms with E-state index >= 15 is 0 Å². The summed E-state index contributed by atoms with van der Waals surface area (Å²) in [6.45, 7) is 7.52. The fraction of sp³-hybridized carbons (Fsp3) is 0.333. The second-order valence-electron chi connectivity index (χ2n) is 5.68. The lowest BCUT2D eigenvalue weighted by atomic mass is 9.98. The predicted molar refractivity (Wildman–Crippen MR) is 107 cm³/mol. The summed E-state index contributed by atoms with van der Waals surface area (Å²) in [6, 6.07) is 4.57. The van der Waals surface area contributed by atoms with Crippen LogP contribution in [0, 0.1) is 5.82 Å². The molecule has 0 fully saturated rings. The zero-order valence-corrected chi connectivity index (χ0v) is 16.5. The molecular formula is C18H20ClFN2OS2. The molecule has 0 aliphatic carbocycles. The van der Waals surface area contributed by atoms with Gasteiger partial charge in [0, 0.05) is 33.4 Å². The molecule has 1 heterocycles. The van der Waals surface area contributed by atoms with Gasteiger partial charge in [-0.25, -0.2) is 9.37 Å². The summed E-state index contributed by atoms with van der Waals surface area (Å²) >= 11 is 9.27. The summed E-state index contributed by atoms with van der Waals surface area (Å²) in [7, 11) is 0. The Morgan fingerprint density at radius 3 is 2.84 bits per heavy atom. The van der Waals surface area contributed by atoms with Crippen molar-refractivity contribution in [1.82, 2.24) is 9.97 Å². The quantitative estimate of drug-likeness (QED) is 0.217. The fourth-order valence-corrected chi connectivity index (χ4v) is 4.30. The number of halogens is 2. The lowest BCUT2D eigenvalue weighted by Gasteiger charge is -2.13. The first kappa shape index (κ1) is 20.1. The normalized spacial score (nSPS) is 11.1. The minimum atomic E-state index is -0.389. The van der Waals surface area contributed by atoms with Gasteiger partial charge in [-0.15, -0.1) is 18.3 Å². The number of hydrogen-bond donors (Lipinski definition) is 1. The van der Waals surface area contributed by atoms with Crippen LogP contribution in [-0.2, 0) is 6.42 Å². The molecule has 1 N–H and O–H groups in total. The van der Waals surface area contributed by atoms with Crippen LogP contribution in [0.5, 0.6) is 0 Å². The highest BCUT2D eigenvalue weighted by Crippen LogP contribution is 2.26. The van der Waals surface area contributed by atoms with Gasteiger partial charge in [-0.05, 0) is 18.1 Å². The van der Waals surface area contributed by atoms with Crippen LogP contribution in [0.1, 0.15) is 36.6 Å². The van der Waals surface area contributed by atoms with E-state index in [2.05, 4.69) is 16.5 Å². The van der Waals surface area contributed by atoms with Crippen LogP contribution >= 0.6 is 35.1 Å². The van der Waals surface area contributed by atoms with E-state index in [0.717, 1.165) is 10.8 Å². The van der Waals surface area contributed by atoms with Crippen LogP contribution in [0.15, 0.2) is 40.8 Å². The smallest absolute Gasteiger partial charge is 0.255 e. The molecule has 2 rings (SSSR count). The predicted octanol–water partition coefficient (Wildman–Crippen LogP) is 5.25. The monoisotopic (exact) mass is 398 g/mol. The maximum Gasteiger partial charge on any atom is 0.255 e. The first-order valence-corrected chi connectivity index (χ1v) is 10.3. The molecule has 0 radical (unpaired) electrons. The number of hydrogen-bond acceptors (Lipinski definition) is 4. The number of aromatic nitrogens is 2. The van der Waals surface area contributed by atoms with Gasteiger partial charge >= 0.3 is 0 Å². The number of nitrogens with one attached hydrogen (secondary N) is 1. The third kappa shape index (κ3) is 5.36. The molecule has 7 heteroatoms. The average Bonchev–Trinajstić information content (AvgIpc) is 2.54. The third-order valence-electron chi connectivity index (χ3n) is 3.51. The lowest BCUT2D eigenvalue weighted by Crippen LogP contribution is -2.20. The van der Waals surface area contributed by atoms with Gasteiger partial charge in [0.2, 0.25) is 0 Å². The maximum atomic E-state index is 14.1. The van der Waals surface area contributed by atoms with Gasteiger partial charge in [-0.1, -0.05) is 49.4 Å². The third-order valence-corrected chi connectivity index (χ3v) is 5.94. The highest BCUT2D eigenvalue weighted by molar-refractivity contribution is 8.15. The molecule has 0 aliphatic heterocycles. The number of nitrogens with zero attached hydrogens (tertiary/aromatic N) is 1. The molecule has 1 aromatic heterocycles. The summed E-state index contributed by atoms with van der Waals surface area (Å²) < 4.78 is 14.1. The van der Waals surface area contributed by atoms with Crippen molar-refractivity contribution in [1.29, 1.82) is 0 Å². The van der Waals surface area contributed by atoms with E-state index in [1.807, 2.05) is 19.9 Å². The molecule has 0 bridgehead atoms. The van der Waals surface area contributed by atoms with Crippen molar-refractivity contribution in [3.05, 3.63) is 68.9 Å². The van der Waals surface area contributed by atoms with Gasteiger partial charge in [0.15, 0.2) is 5.16 Å². The van der Waals surface area contributed by atoms with Crippen molar-refractivity contribution >= 4 is 35.1 Å². The Morgan fingerprint density at radius 2 is 2.20 bits per heavy atom. The molecule has 134 valence electrons. The summed E-state index contributed by atoms with van der Waals surface area (Å²) in [4.78, 5) is 19.9. The number of aromatic amines is 1. The van der Waals surface area contributed by atoms with Crippen LogP contribution in [0.3, 0.4) is 0 Å². The van der Waals surface area contributed by atoms with Gasteiger partial charge in [0.1, 0.15) is 5.82 Å². The van der Waals surface area contributed by atoms with Crippen LogP contribution < -0.4 is 5.56 Å². The number of benzene rings is 1. The molecule has 0 atom stereocenters. The van der Waals surface area contributed by atoms with Crippen molar-refractivity contribution in [3.63, 3.8) is 0 Å². The number of H-pyrrole nitrogens is 1. The van der Waals surface area contributed by atoms with Crippen molar-refractivity contribution in [2.75, 3.05) is 10.8 Å². The summed E-state index contributed by atoms with van der Waals surface area (Å²) in [6.07, 6.45) is 2.02. The van der Waals surface area contributed by atoms with E-state index in [1.54, 1.807) is 23.9 Å². The van der Waals surface area contributed by atoms with E-state index in [0.29, 0.717) is 27.0 Å². The first-order valence-electron chi connectivity index (χ1n) is 7.81. The standard InChI is InChI=1S/C18H20ClFN2OS2/c1-4-8-24-10-25-18-21-15(16(11(2)3)17(23)22-18)9-12-13(19)6-5-7-14(12)20/h4-7,11H,1,8-10H2,2-3H3,(H,21,22,23).